The van der Waals surface area contributed by atoms with Crippen molar-refractivity contribution in [2.75, 3.05) is 5.73 Å². The van der Waals surface area contributed by atoms with Gasteiger partial charge in [-0.2, -0.15) is 0 Å². The fraction of sp³-hybridized carbons (Fsp3) is 0.0625. The normalized spacial score (nSPS) is 11.6. The van der Waals surface area contributed by atoms with Crippen LogP contribution in [0.1, 0.15) is 5.56 Å². The van der Waals surface area contributed by atoms with Crippen molar-refractivity contribution in [1.29, 1.82) is 0 Å². The maximum absolute atomic E-state index is 13.9. The summed E-state index contributed by atoms with van der Waals surface area (Å²) in [5, 5.41) is 3.85. The van der Waals surface area contributed by atoms with Crippen molar-refractivity contribution in [1.82, 2.24) is 19.2 Å². The molecule has 0 fully saturated rings. The third-order valence-electron chi connectivity index (χ3n) is 3.98. The smallest absolute Gasteiger partial charge is 0.351 e. The molecule has 0 spiro atoms. The van der Waals surface area contributed by atoms with Gasteiger partial charge in [-0.3, -0.25) is 0 Å². The van der Waals surface area contributed by atoms with E-state index in [-0.39, 0.29) is 22.5 Å². The highest BCUT2D eigenvalue weighted by Gasteiger charge is 2.19. The number of nitrogen functional groups attached to an aromatic ring is 1. The van der Waals surface area contributed by atoms with Crippen LogP contribution >= 0.6 is 0 Å². The lowest BCUT2D eigenvalue weighted by Crippen LogP contribution is -2.23. The van der Waals surface area contributed by atoms with E-state index in [1.807, 2.05) is 0 Å². The number of nitrogens with zero attached hydrogens (tertiary/aromatic N) is 4. The molecule has 27 heavy (non-hydrogen) atoms. The topological polar surface area (TPSA) is 78.2 Å². The molecule has 2 N–H and O–H groups in total. The van der Waals surface area contributed by atoms with Gasteiger partial charge < -0.3 is 5.73 Å². The second-order valence-corrected chi connectivity index (χ2v) is 5.70. The van der Waals surface area contributed by atoms with E-state index in [1.54, 1.807) is 0 Å². The molecule has 2 aromatic heterocycles. The summed E-state index contributed by atoms with van der Waals surface area (Å²) in [5.74, 6) is -6.23. The van der Waals surface area contributed by atoms with Crippen molar-refractivity contribution < 1.29 is 22.0 Å². The van der Waals surface area contributed by atoms with Crippen LogP contribution in [-0.4, -0.2) is 19.2 Å². The summed E-state index contributed by atoms with van der Waals surface area (Å²) in [6.07, 6.45) is 0. The highest BCUT2D eigenvalue weighted by Crippen LogP contribution is 2.21. The Hall–Kier alpha value is -3.50. The number of hydrogen-bond donors (Lipinski definition) is 1. The molecule has 0 aliphatic heterocycles. The van der Waals surface area contributed by atoms with Gasteiger partial charge in [-0.25, -0.2) is 40.8 Å². The molecule has 138 valence electrons. The van der Waals surface area contributed by atoms with Crippen molar-refractivity contribution in [2.45, 2.75) is 6.54 Å². The van der Waals surface area contributed by atoms with Crippen molar-refractivity contribution >= 4 is 22.5 Å². The Morgan fingerprint density at radius 1 is 0.926 bits per heavy atom. The van der Waals surface area contributed by atoms with Gasteiger partial charge in [-0.15, -0.1) is 5.10 Å². The van der Waals surface area contributed by atoms with Crippen molar-refractivity contribution in [3.05, 3.63) is 69.4 Å². The summed E-state index contributed by atoms with van der Waals surface area (Å²) in [6, 6.07) is 2.41. The maximum atomic E-state index is 13.9. The highest BCUT2D eigenvalue weighted by molar-refractivity contribution is 5.81. The van der Waals surface area contributed by atoms with Gasteiger partial charge in [0.25, 0.3) is 0 Å². The first-order valence-electron chi connectivity index (χ1n) is 7.43. The molecule has 0 atom stereocenters. The molecular formula is C16H8F5N5O. The third kappa shape index (κ3) is 2.58. The van der Waals surface area contributed by atoms with Crippen LogP contribution in [0.4, 0.5) is 27.8 Å². The first-order valence-corrected chi connectivity index (χ1v) is 7.43. The number of aromatic nitrogens is 4. The lowest BCUT2D eigenvalue weighted by Gasteiger charge is -2.04. The zero-order valence-corrected chi connectivity index (χ0v) is 13.2. The molecule has 0 bridgehead atoms. The predicted octanol–water partition coefficient (Wildman–Crippen LogP) is 2.37. The molecule has 2 aromatic carbocycles. The van der Waals surface area contributed by atoms with Gasteiger partial charge in [-0.1, -0.05) is 0 Å². The molecule has 6 nitrogen and oxygen atoms in total. The van der Waals surface area contributed by atoms with Crippen LogP contribution < -0.4 is 11.4 Å². The number of anilines is 1. The fourth-order valence-electron chi connectivity index (χ4n) is 2.74. The van der Waals surface area contributed by atoms with E-state index in [0.717, 1.165) is 16.5 Å². The predicted molar refractivity (Wildman–Crippen MR) is 84.5 cm³/mol. The van der Waals surface area contributed by atoms with E-state index in [9.17, 15) is 26.7 Å². The third-order valence-corrected chi connectivity index (χ3v) is 3.98. The molecule has 0 saturated heterocycles. The van der Waals surface area contributed by atoms with Crippen LogP contribution in [0.15, 0.2) is 29.1 Å². The minimum Gasteiger partial charge on any atom is -0.381 e. The lowest BCUT2D eigenvalue weighted by molar-refractivity contribution is 0.505. The molecule has 0 amide bonds. The van der Waals surface area contributed by atoms with E-state index in [2.05, 4.69) is 10.1 Å². The van der Waals surface area contributed by atoms with Crippen LogP contribution in [0.3, 0.4) is 0 Å². The Labute approximate surface area is 146 Å². The summed E-state index contributed by atoms with van der Waals surface area (Å²) >= 11 is 0. The van der Waals surface area contributed by atoms with Gasteiger partial charge in [0.2, 0.25) is 5.65 Å². The average molecular weight is 381 g/mol. The Morgan fingerprint density at radius 2 is 1.56 bits per heavy atom. The first-order chi connectivity index (χ1) is 12.8. The van der Waals surface area contributed by atoms with Crippen LogP contribution in [0.25, 0.3) is 16.7 Å². The van der Waals surface area contributed by atoms with Crippen LogP contribution in [-0.2, 0) is 6.54 Å². The number of fused-ring (bicyclic) bond motifs is 3. The molecule has 0 saturated carbocycles. The van der Waals surface area contributed by atoms with Crippen LogP contribution in [0.5, 0.6) is 0 Å². The SMILES string of the molecule is Nc1nc2cc(F)c(F)cc2n2c(=O)n(Cc3c(F)cc(F)cc3F)nc12. The van der Waals surface area contributed by atoms with Crippen molar-refractivity contribution in [3.8, 4) is 0 Å². The van der Waals surface area contributed by atoms with Gasteiger partial charge in [0.05, 0.1) is 17.6 Å². The number of benzene rings is 2. The minimum atomic E-state index is -1.23. The molecule has 11 heteroatoms. The Kier molecular flexibility index (Phi) is 3.61. The van der Waals surface area contributed by atoms with Gasteiger partial charge >= 0.3 is 5.69 Å². The van der Waals surface area contributed by atoms with Crippen LogP contribution in [0.2, 0.25) is 0 Å². The summed E-state index contributed by atoms with van der Waals surface area (Å²) in [7, 11) is 0. The van der Waals surface area contributed by atoms with E-state index in [0.29, 0.717) is 16.8 Å². The largest absolute Gasteiger partial charge is 0.381 e. The highest BCUT2D eigenvalue weighted by atomic mass is 19.2. The average Bonchev–Trinajstić information content (AvgIpc) is 2.91. The lowest BCUT2D eigenvalue weighted by atomic mass is 10.2. The zero-order chi connectivity index (χ0) is 19.5. The number of hydrogen-bond acceptors (Lipinski definition) is 4. The van der Waals surface area contributed by atoms with Crippen molar-refractivity contribution in [3.63, 3.8) is 0 Å². The van der Waals surface area contributed by atoms with E-state index < -0.39 is 46.9 Å². The van der Waals surface area contributed by atoms with Crippen molar-refractivity contribution in [2.24, 2.45) is 0 Å². The number of halogens is 5. The van der Waals surface area contributed by atoms with Gasteiger partial charge in [0, 0.05) is 29.8 Å². The molecule has 0 unspecified atom stereocenters. The minimum absolute atomic E-state index is 0.111. The molecule has 0 radical (unpaired) electrons. The maximum Gasteiger partial charge on any atom is 0.351 e. The number of nitrogens with two attached hydrogens (primary N) is 1. The quantitative estimate of drug-likeness (QED) is 0.541. The Balaban J connectivity index is 1.98. The summed E-state index contributed by atoms with van der Waals surface area (Å²) < 4.78 is 69.3. The van der Waals surface area contributed by atoms with Crippen LogP contribution in [0, 0.1) is 29.1 Å². The molecule has 0 aliphatic carbocycles. The molecule has 2 heterocycles. The standard InChI is InChI=1S/C16H8F5N5O/c17-6-1-8(18)7(9(19)2-6)5-25-16(27)26-13-4-11(21)10(20)3-12(13)23-14(22)15(26)24-25/h1-4H,5H2,(H2,22,23). The zero-order valence-electron chi connectivity index (χ0n) is 13.2. The van der Waals surface area contributed by atoms with Gasteiger partial charge in [0.15, 0.2) is 17.5 Å². The summed E-state index contributed by atoms with van der Waals surface area (Å²) in [4.78, 5) is 16.5. The van der Waals surface area contributed by atoms with E-state index in [4.69, 9.17) is 5.73 Å². The van der Waals surface area contributed by atoms with Gasteiger partial charge in [-0.05, 0) is 0 Å². The Bertz CT molecular complexity index is 1270. The van der Waals surface area contributed by atoms with Gasteiger partial charge in [0.1, 0.15) is 17.5 Å². The fourth-order valence-corrected chi connectivity index (χ4v) is 2.74. The molecule has 0 aliphatic rings. The molecule has 4 aromatic rings. The summed E-state index contributed by atoms with van der Waals surface area (Å²) in [5.41, 5.74) is 3.74. The summed E-state index contributed by atoms with van der Waals surface area (Å²) in [6.45, 7) is -0.678. The number of rotatable bonds is 2. The molecule has 4 rings (SSSR count). The monoisotopic (exact) mass is 381 g/mol. The first kappa shape index (κ1) is 16.9. The van der Waals surface area contributed by atoms with E-state index >= 15 is 0 Å². The second kappa shape index (κ2) is 5.76. The second-order valence-electron chi connectivity index (χ2n) is 5.70. The molecular weight excluding hydrogens is 373 g/mol. The van der Waals surface area contributed by atoms with E-state index in [1.165, 1.54) is 0 Å². The Morgan fingerprint density at radius 3 is 2.22 bits per heavy atom.